The van der Waals surface area contributed by atoms with Crippen molar-refractivity contribution < 1.29 is 9.18 Å². The number of hydrogen-bond donors (Lipinski definition) is 2. The van der Waals surface area contributed by atoms with Gasteiger partial charge in [-0.3, -0.25) is 9.48 Å². The first-order valence-electron chi connectivity index (χ1n) is 5.68. The van der Waals surface area contributed by atoms with Crippen LogP contribution in [0.3, 0.4) is 0 Å². The van der Waals surface area contributed by atoms with Crippen molar-refractivity contribution in [1.29, 1.82) is 0 Å². The van der Waals surface area contributed by atoms with E-state index in [0.29, 0.717) is 11.3 Å². The van der Waals surface area contributed by atoms with Gasteiger partial charge in [0.15, 0.2) is 11.5 Å². The van der Waals surface area contributed by atoms with Crippen molar-refractivity contribution in [2.75, 3.05) is 5.32 Å². The first kappa shape index (κ1) is 12.8. The molecule has 102 valence electrons. The van der Waals surface area contributed by atoms with Crippen LogP contribution < -0.4 is 5.32 Å². The van der Waals surface area contributed by atoms with Gasteiger partial charge in [0.2, 0.25) is 0 Å². The SMILES string of the molecule is Cn1ccc(C(=O)Nc2c[nH]c3ncc(Br)c(F)c23)n1. The highest BCUT2D eigenvalue weighted by atomic mass is 79.9. The predicted molar refractivity (Wildman–Crippen MR) is 74.9 cm³/mol. The van der Waals surface area contributed by atoms with Crippen LogP contribution in [0.1, 0.15) is 10.5 Å². The Morgan fingerprint density at radius 1 is 1.55 bits per heavy atom. The Kier molecular flexibility index (Phi) is 3.01. The summed E-state index contributed by atoms with van der Waals surface area (Å²) in [6.07, 6.45) is 4.51. The molecule has 3 aromatic rings. The monoisotopic (exact) mass is 337 g/mol. The Morgan fingerprint density at radius 3 is 3.05 bits per heavy atom. The van der Waals surface area contributed by atoms with Gasteiger partial charge in [-0.25, -0.2) is 9.37 Å². The summed E-state index contributed by atoms with van der Waals surface area (Å²) >= 11 is 3.07. The molecular weight excluding hydrogens is 329 g/mol. The van der Waals surface area contributed by atoms with E-state index in [-0.39, 0.29) is 15.6 Å². The maximum atomic E-state index is 14.1. The summed E-state index contributed by atoms with van der Waals surface area (Å²) in [6, 6.07) is 1.58. The van der Waals surface area contributed by atoms with Crippen LogP contribution in [0.25, 0.3) is 11.0 Å². The van der Waals surface area contributed by atoms with Crippen LogP contribution in [0, 0.1) is 5.82 Å². The van der Waals surface area contributed by atoms with E-state index in [4.69, 9.17) is 0 Å². The van der Waals surface area contributed by atoms with Crippen LogP contribution in [-0.4, -0.2) is 25.7 Å². The third-order valence-electron chi connectivity index (χ3n) is 2.79. The molecule has 20 heavy (non-hydrogen) atoms. The van der Waals surface area contributed by atoms with Gasteiger partial charge in [0, 0.05) is 25.6 Å². The average Bonchev–Trinajstić information content (AvgIpc) is 3.01. The molecule has 0 aromatic carbocycles. The quantitative estimate of drug-likeness (QED) is 0.754. The van der Waals surface area contributed by atoms with Crippen LogP contribution >= 0.6 is 15.9 Å². The third kappa shape index (κ3) is 2.07. The molecule has 0 atom stereocenters. The van der Waals surface area contributed by atoms with Crippen LogP contribution in [-0.2, 0) is 7.05 Å². The fourth-order valence-electron chi connectivity index (χ4n) is 1.85. The highest BCUT2D eigenvalue weighted by Crippen LogP contribution is 2.29. The van der Waals surface area contributed by atoms with E-state index < -0.39 is 11.7 Å². The normalized spacial score (nSPS) is 10.9. The van der Waals surface area contributed by atoms with Crippen molar-refractivity contribution in [2.45, 2.75) is 0 Å². The first-order chi connectivity index (χ1) is 9.56. The molecule has 6 nitrogen and oxygen atoms in total. The second-order valence-electron chi connectivity index (χ2n) is 4.17. The topological polar surface area (TPSA) is 75.6 Å². The number of anilines is 1. The summed E-state index contributed by atoms with van der Waals surface area (Å²) in [5.74, 6) is -0.890. The predicted octanol–water partition coefficient (Wildman–Crippen LogP) is 2.45. The third-order valence-corrected chi connectivity index (χ3v) is 3.34. The van der Waals surface area contributed by atoms with Gasteiger partial charge in [0.25, 0.3) is 5.91 Å². The maximum absolute atomic E-state index is 14.1. The molecular formula is C12H9BrFN5O. The lowest BCUT2D eigenvalue weighted by atomic mass is 10.3. The van der Waals surface area contributed by atoms with E-state index in [1.165, 1.54) is 17.1 Å². The summed E-state index contributed by atoms with van der Waals surface area (Å²) in [5, 5.41) is 6.83. The number of rotatable bonds is 2. The van der Waals surface area contributed by atoms with Gasteiger partial charge in [-0.1, -0.05) is 0 Å². The number of aromatic nitrogens is 4. The number of halogens is 2. The number of carbonyl (C=O) groups excluding carboxylic acids is 1. The van der Waals surface area contributed by atoms with E-state index in [9.17, 15) is 9.18 Å². The molecule has 0 aliphatic rings. The lowest BCUT2D eigenvalue weighted by molar-refractivity contribution is 0.102. The van der Waals surface area contributed by atoms with Crippen molar-refractivity contribution in [3.63, 3.8) is 0 Å². The number of pyridine rings is 1. The Morgan fingerprint density at radius 2 is 2.35 bits per heavy atom. The van der Waals surface area contributed by atoms with Crippen molar-refractivity contribution in [3.8, 4) is 0 Å². The first-order valence-corrected chi connectivity index (χ1v) is 6.47. The van der Waals surface area contributed by atoms with Crippen molar-refractivity contribution in [2.24, 2.45) is 7.05 Å². The maximum Gasteiger partial charge on any atom is 0.276 e. The molecule has 8 heteroatoms. The molecule has 3 heterocycles. The van der Waals surface area contributed by atoms with Crippen molar-refractivity contribution >= 4 is 38.6 Å². The fraction of sp³-hybridized carbons (Fsp3) is 0.0833. The molecule has 2 N–H and O–H groups in total. The molecule has 0 radical (unpaired) electrons. The van der Waals surface area contributed by atoms with E-state index in [1.807, 2.05) is 0 Å². The Balaban J connectivity index is 1.99. The summed E-state index contributed by atoms with van der Waals surface area (Å²) in [6.45, 7) is 0. The number of amides is 1. The van der Waals surface area contributed by atoms with Crippen LogP contribution in [0.2, 0.25) is 0 Å². The minimum atomic E-state index is -0.479. The second kappa shape index (κ2) is 4.71. The minimum Gasteiger partial charge on any atom is -0.344 e. The van der Waals surface area contributed by atoms with E-state index >= 15 is 0 Å². The smallest absolute Gasteiger partial charge is 0.276 e. The van der Waals surface area contributed by atoms with E-state index in [0.717, 1.165) is 0 Å². The summed E-state index contributed by atoms with van der Waals surface area (Å²) in [7, 11) is 1.71. The fourth-order valence-corrected chi connectivity index (χ4v) is 2.16. The molecule has 1 amide bonds. The highest BCUT2D eigenvalue weighted by molar-refractivity contribution is 9.10. The van der Waals surface area contributed by atoms with Gasteiger partial charge in [0.1, 0.15) is 5.65 Å². The molecule has 0 aliphatic carbocycles. The molecule has 0 aliphatic heterocycles. The molecule has 0 saturated carbocycles. The number of aryl methyl sites for hydroxylation is 1. The van der Waals surface area contributed by atoms with Gasteiger partial charge in [-0.2, -0.15) is 5.10 Å². The molecule has 0 unspecified atom stereocenters. The zero-order chi connectivity index (χ0) is 14.3. The molecule has 0 fully saturated rings. The second-order valence-corrected chi connectivity index (χ2v) is 5.03. The molecule has 3 aromatic heterocycles. The van der Waals surface area contributed by atoms with Gasteiger partial charge >= 0.3 is 0 Å². The number of H-pyrrole nitrogens is 1. The Hall–Kier alpha value is -2.22. The van der Waals surface area contributed by atoms with E-state index in [2.05, 4.69) is 36.3 Å². The Bertz CT molecular complexity index is 809. The number of carbonyl (C=O) groups is 1. The van der Waals surface area contributed by atoms with Crippen LogP contribution in [0.4, 0.5) is 10.1 Å². The van der Waals surface area contributed by atoms with Gasteiger partial charge < -0.3 is 10.3 Å². The molecule has 0 spiro atoms. The molecule has 3 rings (SSSR count). The van der Waals surface area contributed by atoms with Crippen LogP contribution in [0.5, 0.6) is 0 Å². The molecule has 0 bridgehead atoms. The lowest BCUT2D eigenvalue weighted by Crippen LogP contribution is -2.13. The number of nitrogens with one attached hydrogen (secondary N) is 2. The van der Waals surface area contributed by atoms with Crippen molar-refractivity contribution in [3.05, 3.63) is 40.6 Å². The van der Waals surface area contributed by atoms with Crippen LogP contribution in [0.15, 0.2) is 29.1 Å². The number of fused-ring (bicyclic) bond motifs is 1. The minimum absolute atomic E-state index is 0.226. The highest BCUT2D eigenvalue weighted by Gasteiger charge is 2.16. The van der Waals surface area contributed by atoms with E-state index in [1.54, 1.807) is 19.3 Å². The zero-order valence-corrected chi connectivity index (χ0v) is 11.9. The zero-order valence-electron chi connectivity index (χ0n) is 10.3. The van der Waals surface area contributed by atoms with Gasteiger partial charge in [-0.05, 0) is 22.0 Å². The number of nitrogens with zero attached hydrogens (tertiary/aromatic N) is 3. The summed E-state index contributed by atoms with van der Waals surface area (Å²) < 4.78 is 15.8. The largest absolute Gasteiger partial charge is 0.344 e. The lowest BCUT2D eigenvalue weighted by Gasteiger charge is -2.02. The van der Waals surface area contributed by atoms with Gasteiger partial charge in [-0.15, -0.1) is 0 Å². The van der Waals surface area contributed by atoms with Crippen molar-refractivity contribution in [1.82, 2.24) is 19.7 Å². The summed E-state index contributed by atoms with van der Waals surface area (Å²) in [5.41, 5.74) is 0.939. The average molecular weight is 338 g/mol. The molecule has 0 saturated heterocycles. The van der Waals surface area contributed by atoms with Gasteiger partial charge in [0.05, 0.1) is 15.5 Å². The number of hydrogen-bond acceptors (Lipinski definition) is 3. The standard InChI is InChI=1S/C12H9BrFN5O/c1-19-3-2-7(18-19)12(20)17-8-5-16-11-9(8)10(14)6(13)4-15-11/h2-5H,1H3,(H,15,16)(H,17,20). The number of aromatic amines is 1. The Labute approximate surface area is 121 Å². The summed E-state index contributed by atoms with van der Waals surface area (Å²) in [4.78, 5) is 18.8.